The lowest BCUT2D eigenvalue weighted by Gasteiger charge is -2.38. The molecule has 0 saturated heterocycles. The maximum absolute atomic E-state index is 13.6. The molecular formula is C25H31NO5S. The molecule has 172 valence electrons. The van der Waals surface area contributed by atoms with E-state index in [0.717, 1.165) is 42.0 Å². The second-order valence-electron chi connectivity index (χ2n) is 9.07. The lowest BCUT2D eigenvalue weighted by Crippen LogP contribution is -2.43. The fourth-order valence-corrected chi connectivity index (χ4v) is 6.11. The number of esters is 2. The van der Waals surface area contributed by atoms with E-state index in [4.69, 9.17) is 9.47 Å². The second kappa shape index (κ2) is 9.61. The molecule has 2 heterocycles. The quantitative estimate of drug-likeness (QED) is 0.403. The summed E-state index contributed by atoms with van der Waals surface area (Å²) in [6.07, 6.45) is 6.69. The Morgan fingerprint density at radius 1 is 1.16 bits per heavy atom. The third-order valence-corrected chi connectivity index (χ3v) is 7.80. The van der Waals surface area contributed by atoms with E-state index in [9.17, 15) is 14.4 Å². The van der Waals surface area contributed by atoms with Crippen molar-refractivity contribution in [2.75, 3.05) is 7.11 Å². The number of carbonyl (C=O) groups excluding carboxylic acids is 3. The normalized spacial score (nSPS) is 26.8. The first kappa shape index (κ1) is 22.8. The smallest absolute Gasteiger partial charge is 0.337 e. The number of carbonyl (C=O) groups is 3. The molecule has 2 aliphatic carbocycles. The van der Waals surface area contributed by atoms with Gasteiger partial charge in [-0.05, 0) is 56.4 Å². The SMILES string of the molecule is COC(=O)[C@H]1C(=O)C2=C(C[C@@H]1C)NC(C)=C(C(=O)OC1CCCCCC1)[C@H]2c1cccs1. The first-order valence-electron chi connectivity index (χ1n) is 11.5. The number of allylic oxidation sites excluding steroid dienone is 3. The highest BCUT2D eigenvalue weighted by Gasteiger charge is 2.47. The van der Waals surface area contributed by atoms with E-state index >= 15 is 0 Å². The Morgan fingerprint density at radius 2 is 1.88 bits per heavy atom. The third-order valence-electron chi connectivity index (χ3n) is 6.87. The molecule has 32 heavy (non-hydrogen) atoms. The van der Waals surface area contributed by atoms with Crippen LogP contribution < -0.4 is 5.32 Å². The molecule has 7 heteroatoms. The van der Waals surface area contributed by atoms with E-state index in [0.29, 0.717) is 17.6 Å². The number of ketones is 1. The molecule has 0 spiro atoms. The Labute approximate surface area is 193 Å². The zero-order chi connectivity index (χ0) is 22.8. The summed E-state index contributed by atoms with van der Waals surface area (Å²) in [5.74, 6) is -2.72. The predicted octanol–water partition coefficient (Wildman–Crippen LogP) is 4.63. The summed E-state index contributed by atoms with van der Waals surface area (Å²) in [6, 6.07) is 3.86. The van der Waals surface area contributed by atoms with Crippen molar-refractivity contribution in [3.05, 3.63) is 44.9 Å². The minimum absolute atomic E-state index is 0.0884. The van der Waals surface area contributed by atoms with Crippen molar-refractivity contribution in [2.24, 2.45) is 11.8 Å². The number of ether oxygens (including phenoxy) is 2. The zero-order valence-electron chi connectivity index (χ0n) is 18.9. The standard InChI is InChI=1S/C25H31NO5S/c1-14-13-17-21(23(27)19(14)24(28)30-3)22(18-11-8-12-32-18)20(15(2)26-17)25(29)31-16-9-6-4-5-7-10-16/h8,11-12,14,16,19,22,26H,4-7,9-10,13H2,1-3H3/t14-,19+,22+/m0/s1. The van der Waals surface area contributed by atoms with Gasteiger partial charge in [0.05, 0.1) is 18.6 Å². The molecule has 0 aromatic carbocycles. The van der Waals surface area contributed by atoms with Crippen LogP contribution in [-0.4, -0.2) is 30.9 Å². The van der Waals surface area contributed by atoms with Crippen LogP contribution in [0.4, 0.5) is 0 Å². The summed E-state index contributed by atoms with van der Waals surface area (Å²) in [4.78, 5) is 40.4. The van der Waals surface area contributed by atoms with Gasteiger partial charge in [-0.1, -0.05) is 25.8 Å². The molecule has 3 atom stereocenters. The van der Waals surface area contributed by atoms with Crippen molar-refractivity contribution in [1.29, 1.82) is 0 Å². The van der Waals surface area contributed by atoms with Gasteiger partial charge >= 0.3 is 11.9 Å². The van der Waals surface area contributed by atoms with Gasteiger partial charge in [0.25, 0.3) is 0 Å². The van der Waals surface area contributed by atoms with E-state index < -0.39 is 17.8 Å². The predicted molar refractivity (Wildman–Crippen MR) is 122 cm³/mol. The van der Waals surface area contributed by atoms with Crippen molar-refractivity contribution in [3.8, 4) is 0 Å². The topological polar surface area (TPSA) is 81.7 Å². The Bertz CT molecular complexity index is 953. The van der Waals surface area contributed by atoms with Crippen LogP contribution in [0.5, 0.6) is 0 Å². The number of hydrogen-bond donors (Lipinski definition) is 1. The maximum Gasteiger partial charge on any atom is 0.337 e. The van der Waals surface area contributed by atoms with Gasteiger partial charge in [-0.15, -0.1) is 11.3 Å². The molecule has 1 aromatic rings. The maximum atomic E-state index is 13.6. The van der Waals surface area contributed by atoms with Gasteiger partial charge < -0.3 is 14.8 Å². The van der Waals surface area contributed by atoms with Gasteiger partial charge in [-0.3, -0.25) is 9.59 Å². The van der Waals surface area contributed by atoms with Crippen molar-refractivity contribution in [1.82, 2.24) is 5.32 Å². The first-order valence-corrected chi connectivity index (χ1v) is 12.4. The van der Waals surface area contributed by atoms with Crippen molar-refractivity contribution >= 4 is 29.1 Å². The van der Waals surface area contributed by atoms with Crippen LogP contribution in [0.25, 0.3) is 0 Å². The largest absolute Gasteiger partial charge is 0.468 e. The van der Waals surface area contributed by atoms with Crippen LogP contribution in [0.15, 0.2) is 40.1 Å². The average Bonchev–Trinajstić information content (AvgIpc) is 3.17. The molecule has 0 radical (unpaired) electrons. The fourth-order valence-electron chi connectivity index (χ4n) is 5.27. The molecule has 1 fully saturated rings. The molecule has 1 N–H and O–H groups in total. The third kappa shape index (κ3) is 4.27. The van der Waals surface area contributed by atoms with Gasteiger partial charge in [-0.2, -0.15) is 0 Å². The molecule has 4 rings (SSSR count). The summed E-state index contributed by atoms with van der Waals surface area (Å²) in [5, 5.41) is 5.26. The molecule has 1 aliphatic heterocycles. The van der Waals surface area contributed by atoms with Crippen molar-refractivity contribution in [2.45, 2.75) is 70.8 Å². The highest BCUT2D eigenvalue weighted by Crippen LogP contribution is 2.46. The van der Waals surface area contributed by atoms with Gasteiger partial charge in [0.15, 0.2) is 5.78 Å². The summed E-state index contributed by atoms with van der Waals surface area (Å²) in [6.45, 7) is 3.76. The van der Waals surface area contributed by atoms with Gasteiger partial charge in [-0.25, -0.2) is 4.79 Å². The average molecular weight is 458 g/mol. The number of dihydropyridines is 1. The summed E-state index contributed by atoms with van der Waals surface area (Å²) < 4.78 is 10.9. The van der Waals surface area contributed by atoms with Crippen LogP contribution in [0.2, 0.25) is 0 Å². The van der Waals surface area contributed by atoms with E-state index in [1.807, 2.05) is 31.4 Å². The minimum atomic E-state index is -0.861. The highest BCUT2D eigenvalue weighted by atomic mass is 32.1. The molecule has 0 amide bonds. The molecule has 0 bridgehead atoms. The van der Waals surface area contributed by atoms with Crippen LogP contribution in [-0.2, 0) is 23.9 Å². The first-order chi connectivity index (χ1) is 15.4. The number of hydrogen-bond acceptors (Lipinski definition) is 7. The second-order valence-corrected chi connectivity index (χ2v) is 10.0. The summed E-state index contributed by atoms with van der Waals surface area (Å²) in [7, 11) is 1.31. The van der Waals surface area contributed by atoms with Crippen LogP contribution in [0.3, 0.4) is 0 Å². The van der Waals surface area contributed by atoms with Crippen molar-refractivity contribution in [3.63, 3.8) is 0 Å². The van der Waals surface area contributed by atoms with Crippen LogP contribution in [0, 0.1) is 11.8 Å². The Hall–Kier alpha value is -2.41. The Morgan fingerprint density at radius 3 is 2.50 bits per heavy atom. The number of nitrogens with one attached hydrogen (secondary N) is 1. The van der Waals surface area contributed by atoms with E-state index in [1.165, 1.54) is 31.3 Å². The molecule has 1 aromatic heterocycles. The Balaban J connectivity index is 1.71. The van der Waals surface area contributed by atoms with Crippen LogP contribution in [0.1, 0.15) is 69.6 Å². The fraction of sp³-hybridized carbons (Fsp3) is 0.560. The highest BCUT2D eigenvalue weighted by molar-refractivity contribution is 7.10. The van der Waals surface area contributed by atoms with Crippen LogP contribution >= 0.6 is 11.3 Å². The lowest BCUT2D eigenvalue weighted by molar-refractivity contribution is -0.151. The van der Waals surface area contributed by atoms with Crippen molar-refractivity contribution < 1.29 is 23.9 Å². The Kier molecular flexibility index (Phi) is 6.84. The van der Waals surface area contributed by atoms with E-state index in [2.05, 4.69) is 5.32 Å². The zero-order valence-corrected chi connectivity index (χ0v) is 19.8. The number of rotatable bonds is 4. The molecular weight excluding hydrogens is 426 g/mol. The summed E-state index contributed by atoms with van der Waals surface area (Å²) >= 11 is 1.50. The van der Waals surface area contributed by atoms with Gasteiger partial charge in [0.2, 0.25) is 0 Å². The number of Topliss-reactive ketones (excluding diaryl/α,β-unsaturated/α-hetero) is 1. The van der Waals surface area contributed by atoms with Gasteiger partial charge in [0.1, 0.15) is 12.0 Å². The monoisotopic (exact) mass is 457 g/mol. The minimum Gasteiger partial charge on any atom is -0.468 e. The molecule has 3 aliphatic rings. The lowest BCUT2D eigenvalue weighted by atomic mass is 9.70. The number of thiophene rings is 1. The van der Waals surface area contributed by atoms with Gasteiger partial charge in [0, 0.05) is 21.8 Å². The number of methoxy groups -OCH3 is 1. The molecule has 6 nitrogen and oxygen atoms in total. The molecule has 1 saturated carbocycles. The van der Waals surface area contributed by atoms with E-state index in [-0.39, 0.29) is 23.8 Å². The molecule has 0 unspecified atom stereocenters. The summed E-state index contributed by atoms with van der Waals surface area (Å²) in [5.41, 5.74) is 2.49. The van der Waals surface area contributed by atoms with E-state index in [1.54, 1.807) is 0 Å².